The summed E-state index contributed by atoms with van der Waals surface area (Å²) in [6, 6.07) is 21.6. The lowest BCUT2D eigenvalue weighted by atomic mass is 10.1. The Morgan fingerprint density at radius 1 is 1.06 bits per heavy atom. The van der Waals surface area contributed by atoms with Crippen LogP contribution in [0.4, 0.5) is 5.69 Å². The van der Waals surface area contributed by atoms with Gasteiger partial charge < -0.3 is 10.1 Å². The molecule has 0 atom stereocenters. The van der Waals surface area contributed by atoms with Gasteiger partial charge in [-0.25, -0.2) is 0 Å². The fourth-order valence-electron chi connectivity index (χ4n) is 3.66. The van der Waals surface area contributed by atoms with E-state index in [4.69, 9.17) is 16.3 Å². The van der Waals surface area contributed by atoms with Crippen LogP contribution in [0, 0.1) is 13.8 Å². The fraction of sp³-hybridized carbons (Fsp3) is 0.192. The van der Waals surface area contributed by atoms with E-state index in [1.807, 2.05) is 22.8 Å². The maximum atomic E-state index is 12.6. The summed E-state index contributed by atoms with van der Waals surface area (Å²) in [4.78, 5) is 12.6. The average molecular weight is 493 g/mol. The highest BCUT2D eigenvalue weighted by Gasteiger charge is 2.18. The van der Waals surface area contributed by atoms with Crippen molar-refractivity contribution in [2.75, 3.05) is 18.2 Å². The number of ether oxygens (including phenoxy) is 1. The van der Waals surface area contributed by atoms with E-state index in [1.54, 1.807) is 25.3 Å². The van der Waals surface area contributed by atoms with E-state index in [0.29, 0.717) is 28.0 Å². The monoisotopic (exact) mass is 492 g/mol. The molecule has 0 saturated heterocycles. The maximum Gasteiger partial charge on any atom is 0.234 e. The van der Waals surface area contributed by atoms with Crippen LogP contribution < -0.4 is 10.1 Å². The first-order chi connectivity index (χ1) is 16.4. The van der Waals surface area contributed by atoms with Gasteiger partial charge in [0.25, 0.3) is 0 Å². The van der Waals surface area contributed by atoms with Gasteiger partial charge in [0.1, 0.15) is 11.6 Å². The van der Waals surface area contributed by atoms with Crippen molar-refractivity contribution in [1.82, 2.24) is 14.8 Å². The Kier molecular flexibility index (Phi) is 7.55. The van der Waals surface area contributed by atoms with Crippen LogP contribution in [0.2, 0.25) is 5.02 Å². The number of hydrogen-bond acceptors (Lipinski definition) is 5. The number of thioether (sulfide) groups is 1. The maximum absolute atomic E-state index is 12.6. The largest absolute Gasteiger partial charge is 0.495 e. The molecule has 0 bridgehead atoms. The lowest BCUT2D eigenvalue weighted by Gasteiger charge is -2.14. The van der Waals surface area contributed by atoms with Crippen molar-refractivity contribution in [3.63, 3.8) is 0 Å². The smallest absolute Gasteiger partial charge is 0.234 e. The number of anilines is 1. The van der Waals surface area contributed by atoms with Crippen LogP contribution in [-0.2, 0) is 11.2 Å². The number of methoxy groups -OCH3 is 1. The molecular formula is C26H25ClN4O2S. The average Bonchev–Trinajstić information content (AvgIpc) is 3.20. The Bertz CT molecular complexity index is 1310. The molecule has 0 aliphatic heterocycles. The fourth-order valence-corrected chi connectivity index (χ4v) is 4.68. The lowest BCUT2D eigenvalue weighted by molar-refractivity contribution is -0.113. The molecule has 0 aliphatic rings. The second-order valence-corrected chi connectivity index (χ2v) is 9.22. The molecular weight excluding hydrogens is 468 g/mol. The van der Waals surface area contributed by atoms with Gasteiger partial charge in [-0.3, -0.25) is 9.36 Å². The second-order valence-electron chi connectivity index (χ2n) is 7.87. The molecule has 0 aliphatic carbocycles. The van der Waals surface area contributed by atoms with Crippen LogP contribution in [0.25, 0.3) is 5.69 Å². The molecule has 34 heavy (non-hydrogen) atoms. The Morgan fingerprint density at radius 2 is 1.85 bits per heavy atom. The summed E-state index contributed by atoms with van der Waals surface area (Å²) < 4.78 is 7.21. The van der Waals surface area contributed by atoms with Crippen molar-refractivity contribution in [2.45, 2.75) is 25.4 Å². The molecule has 1 amide bonds. The number of rotatable bonds is 8. The highest BCUT2D eigenvalue weighted by atomic mass is 35.5. The van der Waals surface area contributed by atoms with Gasteiger partial charge in [-0.15, -0.1) is 10.2 Å². The summed E-state index contributed by atoms with van der Waals surface area (Å²) in [7, 11) is 1.55. The summed E-state index contributed by atoms with van der Waals surface area (Å²) in [6.45, 7) is 4.14. The zero-order valence-corrected chi connectivity index (χ0v) is 20.8. The number of hydrogen-bond donors (Lipinski definition) is 1. The second kappa shape index (κ2) is 10.8. The molecule has 0 spiro atoms. The molecule has 4 aromatic rings. The highest BCUT2D eigenvalue weighted by Crippen LogP contribution is 2.28. The summed E-state index contributed by atoms with van der Waals surface area (Å²) in [5.41, 5.74) is 5.06. The summed E-state index contributed by atoms with van der Waals surface area (Å²) in [5, 5.41) is 12.9. The molecule has 1 aromatic heterocycles. The van der Waals surface area contributed by atoms with Gasteiger partial charge in [0.15, 0.2) is 5.16 Å². The topological polar surface area (TPSA) is 69.0 Å². The van der Waals surface area contributed by atoms with Crippen molar-refractivity contribution in [2.24, 2.45) is 0 Å². The van der Waals surface area contributed by atoms with E-state index < -0.39 is 0 Å². The number of aryl methyl sites for hydroxylation is 2. The van der Waals surface area contributed by atoms with E-state index in [-0.39, 0.29) is 11.7 Å². The van der Waals surface area contributed by atoms with Crippen LogP contribution in [0.5, 0.6) is 5.75 Å². The first-order valence-corrected chi connectivity index (χ1v) is 12.1. The van der Waals surface area contributed by atoms with Gasteiger partial charge >= 0.3 is 0 Å². The number of amides is 1. The molecule has 0 saturated carbocycles. The molecule has 8 heteroatoms. The summed E-state index contributed by atoms with van der Waals surface area (Å²) in [5.74, 6) is 1.40. The van der Waals surface area contributed by atoms with E-state index in [2.05, 4.69) is 59.7 Å². The van der Waals surface area contributed by atoms with Gasteiger partial charge in [0.05, 0.1) is 23.6 Å². The normalized spacial score (nSPS) is 10.8. The van der Waals surface area contributed by atoms with Gasteiger partial charge in [-0.2, -0.15) is 0 Å². The van der Waals surface area contributed by atoms with Gasteiger partial charge in [-0.1, -0.05) is 71.4 Å². The Balaban J connectivity index is 1.56. The van der Waals surface area contributed by atoms with Gasteiger partial charge in [0.2, 0.25) is 5.91 Å². The molecule has 1 heterocycles. The molecule has 3 aromatic carbocycles. The highest BCUT2D eigenvalue weighted by molar-refractivity contribution is 7.99. The minimum absolute atomic E-state index is 0.161. The molecule has 1 N–H and O–H groups in total. The zero-order chi connectivity index (χ0) is 24.1. The predicted octanol–water partition coefficient (Wildman–Crippen LogP) is 5.87. The van der Waals surface area contributed by atoms with Crippen LogP contribution in [0.15, 0.2) is 71.9 Å². The van der Waals surface area contributed by atoms with Crippen molar-refractivity contribution in [1.29, 1.82) is 0 Å². The van der Waals surface area contributed by atoms with Crippen LogP contribution in [-0.4, -0.2) is 33.5 Å². The molecule has 0 fully saturated rings. The number of benzene rings is 3. The quantitative estimate of drug-likeness (QED) is 0.311. The molecule has 174 valence electrons. The number of aromatic nitrogens is 3. The third-order valence-electron chi connectivity index (χ3n) is 5.27. The summed E-state index contributed by atoms with van der Waals surface area (Å²) in [6.07, 6.45) is 0.637. The minimum atomic E-state index is -0.161. The van der Waals surface area contributed by atoms with E-state index in [1.165, 1.54) is 17.3 Å². The molecule has 0 radical (unpaired) electrons. The van der Waals surface area contributed by atoms with E-state index in [9.17, 15) is 4.79 Å². The number of nitrogens with zero attached hydrogens (tertiary/aromatic N) is 3. The molecule has 0 unspecified atom stereocenters. The summed E-state index contributed by atoms with van der Waals surface area (Å²) >= 11 is 7.51. The van der Waals surface area contributed by atoms with Crippen LogP contribution >= 0.6 is 23.4 Å². The first-order valence-electron chi connectivity index (χ1n) is 10.8. The standard InChI is InChI=1S/C26H25ClN4O2S/c1-17-9-11-22(18(2)13-17)31-24(14-19-7-5-4-6-8-19)29-30-26(31)34-16-25(32)28-20-10-12-23(33-3)21(27)15-20/h4-13,15H,14,16H2,1-3H3,(H,28,32). The number of carbonyl (C=O) groups is 1. The number of carbonyl (C=O) groups excluding carboxylic acids is 1. The van der Waals surface area contributed by atoms with Crippen LogP contribution in [0.3, 0.4) is 0 Å². The third kappa shape index (κ3) is 5.61. The van der Waals surface area contributed by atoms with Crippen molar-refractivity contribution in [3.8, 4) is 11.4 Å². The van der Waals surface area contributed by atoms with Gasteiger partial charge in [0, 0.05) is 12.1 Å². The third-order valence-corrected chi connectivity index (χ3v) is 6.49. The van der Waals surface area contributed by atoms with Crippen molar-refractivity contribution in [3.05, 3.63) is 94.3 Å². The van der Waals surface area contributed by atoms with Crippen molar-refractivity contribution < 1.29 is 9.53 Å². The lowest BCUT2D eigenvalue weighted by Crippen LogP contribution is -2.15. The molecule has 6 nitrogen and oxygen atoms in total. The minimum Gasteiger partial charge on any atom is -0.495 e. The SMILES string of the molecule is COc1ccc(NC(=O)CSc2nnc(Cc3ccccc3)n2-c2ccc(C)cc2C)cc1Cl. The van der Waals surface area contributed by atoms with E-state index in [0.717, 1.165) is 22.6 Å². The van der Waals surface area contributed by atoms with E-state index >= 15 is 0 Å². The van der Waals surface area contributed by atoms with Gasteiger partial charge in [-0.05, 0) is 49.2 Å². The Labute approximate surface area is 208 Å². The predicted molar refractivity (Wildman–Crippen MR) is 137 cm³/mol. The molecule has 4 rings (SSSR count). The number of nitrogens with one attached hydrogen (secondary N) is 1. The Morgan fingerprint density at radius 3 is 2.56 bits per heavy atom. The Hall–Kier alpha value is -3.29. The number of halogens is 1. The first kappa shape index (κ1) is 23.9. The van der Waals surface area contributed by atoms with Crippen molar-refractivity contribution >= 4 is 35.0 Å². The van der Waals surface area contributed by atoms with Crippen LogP contribution in [0.1, 0.15) is 22.5 Å². The zero-order valence-electron chi connectivity index (χ0n) is 19.2.